The molecule has 0 atom stereocenters. The van der Waals surface area contributed by atoms with Crippen LogP contribution in [0.3, 0.4) is 0 Å². The van der Waals surface area contributed by atoms with Gasteiger partial charge in [0.25, 0.3) is 0 Å². The van der Waals surface area contributed by atoms with E-state index in [2.05, 4.69) is 15.0 Å². The van der Waals surface area contributed by atoms with Gasteiger partial charge in [-0.3, -0.25) is 0 Å². The Bertz CT molecular complexity index is 4670. The second-order valence-corrected chi connectivity index (χ2v) is 10.8. The highest BCUT2D eigenvalue weighted by Gasteiger charge is 2.19. The maximum Gasteiger partial charge on any atom is 0.164 e. The molecule has 0 unspecified atom stereocenters. The molecule has 0 aliphatic heterocycles. The van der Waals surface area contributed by atoms with Crippen molar-refractivity contribution in [3.05, 3.63) is 187 Å². The number of hydrogen-bond donors (Lipinski definition) is 0. The first kappa shape index (κ1) is 12.1. The standard InChI is InChI=1S/C49H31N3/c1-3-13-32(14-4-1)33-23-25-36(26-24-33)48-50-47(35-16-5-2-6-17-35)51-49(52-48)44-30-29-42(40-21-11-12-22-41(40)44)46-39-20-10-8-18-37(39)31-45-38-19-9-7-15-34(38)27-28-43(45)46/h1-31H/i1D,2D,3D,4D,5D,6D,7D,8D,9D,10D,11D,12D,13D,14D,15D,16D,17D,18D,19D,20D,21D,22D,23D,24D,25D,26D,27D,28D,29D,30D,31D. The molecule has 0 aliphatic rings. The molecule has 9 aromatic carbocycles. The predicted octanol–water partition coefficient (Wildman–Crippen LogP) is 12.8. The van der Waals surface area contributed by atoms with Crippen molar-refractivity contribution in [2.24, 2.45) is 0 Å². The van der Waals surface area contributed by atoms with Gasteiger partial charge in [-0.15, -0.1) is 0 Å². The molecule has 1 heterocycles. The lowest BCUT2D eigenvalue weighted by Gasteiger charge is -2.17. The fraction of sp³-hybridized carbons (Fsp3) is 0. The van der Waals surface area contributed by atoms with Gasteiger partial charge < -0.3 is 0 Å². The van der Waals surface area contributed by atoms with Gasteiger partial charge in [-0.05, 0) is 77.4 Å². The summed E-state index contributed by atoms with van der Waals surface area (Å²) in [5, 5.41) is -5.59. The van der Waals surface area contributed by atoms with Crippen LogP contribution in [0.1, 0.15) is 42.5 Å². The Hall–Kier alpha value is -6.97. The minimum absolute atomic E-state index is 0.596. The van der Waals surface area contributed by atoms with E-state index in [1.807, 2.05) is 0 Å². The molecule has 0 N–H and O–H groups in total. The van der Waals surface area contributed by atoms with Crippen molar-refractivity contribution in [3.63, 3.8) is 0 Å². The van der Waals surface area contributed by atoms with E-state index in [4.69, 9.17) is 28.8 Å². The lowest BCUT2D eigenvalue weighted by Crippen LogP contribution is -2.01. The van der Waals surface area contributed by atoms with Gasteiger partial charge in [-0.2, -0.15) is 0 Å². The molecular weight excluding hydrogens is 631 g/mol. The second-order valence-electron chi connectivity index (χ2n) is 10.8. The first-order chi connectivity index (χ1) is 38.7. The first-order valence-electron chi connectivity index (χ1n) is 30.6. The van der Waals surface area contributed by atoms with Gasteiger partial charge >= 0.3 is 0 Å². The molecule has 0 radical (unpaired) electrons. The molecule has 0 aliphatic carbocycles. The van der Waals surface area contributed by atoms with Gasteiger partial charge in [0.15, 0.2) is 17.5 Å². The van der Waals surface area contributed by atoms with Crippen molar-refractivity contribution in [1.29, 1.82) is 0 Å². The zero-order valence-corrected chi connectivity index (χ0v) is 25.8. The van der Waals surface area contributed by atoms with Gasteiger partial charge in [0, 0.05) is 16.7 Å². The largest absolute Gasteiger partial charge is 0.208 e. The highest BCUT2D eigenvalue weighted by atomic mass is 15.0. The molecule has 242 valence electrons. The van der Waals surface area contributed by atoms with Crippen molar-refractivity contribution in [3.8, 4) is 56.4 Å². The molecule has 3 nitrogen and oxygen atoms in total. The van der Waals surface area contributed by atoms with Crippen LogP contribution in [-0.4, -0.2) is 15.0 Å². The Morgan fingerprint density at radius 3 is 1.48 bits per heavy atom. The van der Waals surface area contributed by atoms with E-state index in [1.54, 1.807) is 0 Å². The monoisotopic (exact) mass is 692 g/mol. The summed E-state index contributed by atoms with van der Waals surface area (Å²) in [7, 11) is 0. The molecule has 0 saturated carbocycles. The van der Waals surface area contributed by atoms with Crippen molar-refractivity contribution in [2.45, 2.75) is 0 Å². The number of hydrogen-bond acceptors (Lipinski definition) is 3. The Morgan fingerprint density at radius 2 is 0.769 bits per heavy atom. The van der Waals surface area contributed by atoms with Crippen LogP contribution in [0.4, 0.5) is 0 Å². The van der Waals surface area contributed by atoms with E-state index in [-0.39, 0.29) is 0 Å². The molecule has 0 bridgehead atoms. The fourth-order valence-corrected chi connectivity index (χ4v) is 5.60. The predicted molar refractivity (Wildman–Crippen MR) is 217 cm³/mol. The zero-order valence-electron chi connectivity index (χ0n) is 56.8. The molecule has 10 rings (SSSR count). The van der Waals surface area contributed by atoms with Crippen LogP contribution >= 0.6 is 0 Å². The second kappa shape index (κ2) is 12.4. The lowest BCUT2D eigenvalue weighted by atomic mass is 9.87. The molecule has 0 saturated heterocycles. The van der Waals surface area contributed by atoms with Gasteiger partial charge in [-0.1, -0.05) is 175 Å². The summed E-state index contributed by atoms with van der Waals surface area (Å²) >= 11 is 0. The lowest BCUT2D eigenvalue weighted by molar-refractivity contribution is 1.08. The normalized spacial score (nSPS) is 19.8. The van der Waals surface area contributed by atoms with Gasteiger partial charge in [0.1, 0.15) is 0 Å². The number of fused-ring (bicyclic) bond motifs is 5. The molecular formula is C49H31N3. The summed E-state index contributed by atoms with van der Waals surface area (Å²) in [5.41, 5.74) is -5.73. The van der Waals surface area contributed by atoms with E-state index >= 15 is 0 Å². The highest BCUT2D eigenvalue weighted by molar-refractivity contribution is 6.22. The SMILES string of the molecule is [2H]c1c([2H])c([2H])c(-c2nc(-c3c([2H])c([2H])c(-c4c([2H])c([2H])c([2H])c([2H])c4[2H])c([2H])c3[2H])nc(-c3c([2H])c([2H])c(-c4c5c([2H])c([2H])c([2H])c([2H])c5c([2H])c5c4c([2H])c([2H])c4c([2H])c([2H])c([2H])c([2H])c45)c4c([2H])c([2H])c([2H])c([2H])c34)n2)c([2H])c1[2H]. The van der Waals surface area contributed by atoms with Gasteiger partial charge in [-0.25, -0.2) is 15.0 Å². The smallest absolute Gasteiger partial charge is 0.164 e. The highest BCUT2D eigenvalue weighted by Crippen LogP contribution is 2.43. The minimum atomic E-state index is -1.16. The molecule has 3 heteroatoms. The molecule has 0 amide bonds. The van der Waals surface area contributed by atoms with Crippen molar-refractivity contribution < 1.29 is 42.5 Å². The van der Waals surface area contributed by atoms with Crippen LogP contribution < -0.4 is 0 Å². The minimum Gasteiger partial charge on any atom is -0.208 e. The van der Waals surface area contributed by atoms with Gasteiger partial charge in [0.05, 0.1) is 42.5 Å². The first-order valence-corrected chi connectivity index (χ1v) is 15.1. The van der Waals surface area contributed by atoms with E-state index in [0.29, 0.717) is 0 Å². The summed E-state index contributed by atoms with van der Waals surface area (Å²) in [6.07, 6.45) is 0. The maximum absolute atomic E-state index is 9.95. The van der Waals surface area contributed by atoms with Crippen LogP contribution in [0.5, 0.6) is 0 Å². The average Bonchev–Trinajstić information content (AvgIpc) is 2.04. The van der Waals surface area contributed by atoms with Crippen LogP contribution in [0.25, 0.3) is 99.5 Å². The maximum atomic E-state index is 9.95. The van der Waals surface area contributed by atoms with Crippen LogP contribution in [0.15, 0.2) is 187 Å². The van der Waals surface area contributed by atoms with Crippen LogP contribution in [0, 0.1) is 0 Å². The number of benzene rings is 9. The van der Waals surface area contributed by atoms with E-state index < -0.39 is 287 Å². The van der Waals surface area contributed by atoms with E-state index in [0.717, 1.165) is 0 Å². The topological polar surface area (TPSA) is 38.7 Å². The quantitative estimate of drug-likeness (QED) is 0.133. The number of nitrogens with zero attached hydrogens (tertiary/aromatic N) is 3. The summed E-state index contributed by atoms with van der Waals surface area (Å²) in [5.74, 6) is -2.89. The summed E-state index contributed by atoms with van der Waals surface area (Å²) < 4.78 is 277. The fourth-order valence-electron chi connectivity index (χ4n) is 5.60. The average molecular weight is 693 g/mol. The van der Waals surface area contributed by atoms with E-state index in [9.17, 15) is 13.7 Å². The van der Waals surface area contributed by atoms with E-state index in [1.165, 1.54) is 0 Å². The summed E-state index contributed by atoms with van der Waals surface area (Å²) in [6.45, 7) is 0. The summed E-state index contributed by atoms with van der Waals surface area (Å²) in [6, 6.07) is -30.1. The summed E-state index contributed by atoms with van der Waals surface area (Å²) in [4.78, 5) is 13.0. The van der Waals surface area contributed by atoms with Crippen molar-refractivity contribution >= 4 is 43.1 Å². The molecule has 52 heavy (non-hydrogen) atoms. The number of aromatic nitrogens is 3. The Balaban J connectivity index is 1.45. The Kier molecular flexibility index (Phi) is 2.88. The Labute approximate surface area is 345 Å². The Morgan fingerprint density at radius 1 is 0.288 bits per heavy atom. The molecule has 0 fully saturated rings. The molecule has 1 aromatic heterocycles. The number of rotatable bonds is 5. The van der Waals surface area contributed by atoms with Crippen LogP contribution in [0.2, 0.25) is 0 Å². The van der Waals surface area contributed by atoms with Crippen LogP contribution in [-0.2, 0) is 0 Å². The zero-order chi connectivity index (χ0) is 61.4. The van der Waals surface area contributed by atoms with Gasteiger partial charge in [0.2, 0.25) is 0 Å². The third-order valence-corrected chi connectivity index (χ3v) is 7.87. The molecule has 0 spiro atoms. The third kappa shape index (κ3) is 5.10. The molecule has 10 aromatic rings. The van der Waals surface area contributed by atoms with Crippen molar-refractivity contribution in [1.82, 2.24) is 15.0 Å². The van der Waals surface area contributed by atoms with Crippen molar-refractivity contribution in [2.75, 3.05) is 0 Å². The third-order valence-electron chi connectivity index (χ3n) is 7.87.